The Labute approximate surface area is 175 Å². The lowest BCUT2D eigenvalue weighted by molar-refractivity contribution is 0.0705. The highest BCUT2D eigenvalue weighted by Gasteiger charge is 2.53. The summed E-state index contributed by atoms with van der Waals surface area (Å²) in [5, 5.41) is 0. The first-order chi connectivity index (χ1) is 14.7. The van der Waals surface area contributed by atoms with Crippen LogP contribution < -0.4 is 4.90 Å². The average Bonchev–Trinajstić information content (AvgIpc) is 3.48. The summed E-state index contributed by atoms with van der Waals surface area (Å²) in [5.41, 5.74) is 5.08. The number of morpholine rings is 1. The number of pyridine rings is 1. The number of ether oxygens (including phenoxy) is 1. The Morgan fingerprint density at radius 1 is 1.03 bits per heavy atom. The van der Waals surface area contributed by atoms with Crippen molar-refractivity contribution in [1.29, 1.82) is 0 Å². The third kappa shape index (κ3) is 2.53. The average molecular weight is 400 g/mol. The van der Waals surface area contributed by atoms with Gasteiger partial charge in [0.1, 0.15) is 11.5 Å². The number of amides is 1. The Morgan fingerprint density at radius 2 is 1.83 bits per heavy atom. The van der Waals surface area contributed by atoms with Crippen molar-refractivity contribution in [3.8, 4) is 16.8 Å². The summed E-state index contributed by atoms with van der Waals surface area (Å²) >= 11 is 0. The van der Waals surface area contributed by atoms with Gasteiger partial charge in [-0.25, -0.2) is 4.98 Å². The van der Waals surface area contributed by atoms with Gasteiger partial charge < -0.3 is 19.1 Å². The second-order valence-corrected chi connectivity index (χ2v) is 8.40. The first-order valence-corrected chi connectivity index (χ1v) is 10.6. The molecule has 0 N–H and O–H groups in total. The second kappa shape index (κ2) is 6.44. The maximum absolute atomic E-state index is 13.0. The predicted octanol–water partition coefficient (Wildman–Crippen LogP) is 3.45. The smallest absolute Gasteiger partial charge is 0.271 e. The number of carbonyl (C=O) groups is 1. The molecule has 152 valence electrons. The van der Waals surface area contributed by atoms with E-state index in [0.717, 1.165) is 67.5 Å². The molecule has 1 saturated heterocycles. The molecule has 1 saturated carbocycles. The number of anilines is 1. The summed E-state index contributed by atoms with van der Waals surface area (Å²) in [5.74, 6) is 1.08. The third-order valence-electron chi connectivity index (χ3n) is 6.81. The summed E-state index contributed by atoms with van der Waals surface area (Å²) in [6, 6.07) is 14.7. The molecule has 4 heterocycles. The molecule has 2 aromatic heterocycles. The summed E-state index contributed by atoms with van der Waals surface area (Å²) in [6.07, 6.45) is 5.97. The molecule has 30 heavy (non-hydrogen) atoms. The zero-order chi connectivity index (χ0) is 20.3. The molecule has 0 atom stereocenters. The van der Waals surface area contributed by atoms with E-state index in [1.807, 2.05) is 41.0 Å². The molecular weight excluding hydrogens is 376 g/mol. The fourth-order valence-electron chi connectivity index (χ4n) is 4.88. The van der Waals surface area contributed by atoms with Crippen LogP contribution in [0.3, 0.4) is 0 Å². The van der Waals surface area contributed by atoms with Crippen molar-refractivity contribution in [3.63, 3.8) is 0 Å². The molecule has 6 nitrogen and oxygen atoms in total. The molecule has 1 spiro atoms. The van der Waals surface area contributed by atoms with Crippen molar-refractivity contribution >= 4 is 11.7 Å². The summed E-state index contributed by atoms with van der Waals surface area (Å²) in [4.78, 5) is 21.9. The van der Waals surface area contributed by atoms with E-state index in [-0.39, 0.29) is 11.4 Å². The Morgan fingerprint density at radius 3 is 2.57 bits per heavy atom. The van der Waals surface area contributed by atoms with Gasteiger partial charge in [0, 0.05) is 43.7 Å². The number of aromatic nitrogens is 2. The Kier molecular flexibility index (Phi) is 3.80. The number of hydrogen-bond donors (Lipinski definition) is 0. The van der Waals surface area contributed by atoms with Crippen LogP contribution >= 0.6 is 0 Å². The molecule has 6 heteroatoms. The summed E-state index contributed by atoms with van der Waals surface area (Å²) < 4.78 is 7.48. The Bertz CT molecular complexity index is 1120. The number of rotatable bonds is 2. The van der Waals surface area contributed by atoms with Crippen LogP contribution in [0.4, 0.5) is 5.82 Å². The van der Waals surface area contributed by atoms with Crippen LogP contribution in [0.2, 0.25) is 0 Å². The van der Waals surface area contributed by atoms with Crippen LogP contribution in [0.1, 0.15) is 28.9 Å². The van der Waals surface area contributed by atoms with Gasteiger partial charge in [-0.2, -0.15) is 0 Å². The van der Waals surface area contributed by atoms with Gasteiger partial charge in [-0.3, -0.25) is 4.79 Å². The van der Waals surface area contributed by atoms with Gasteiger partial charge in [-0.1, -0.05) is 12.1 Å². The molecule has 0 radical (unpaired) electrons. The SMILES string of the molecule is CN1C(=O)c2cccn2-c2cc(-c3ccc(N4CCOCC4)nc3)ccc2C12CC2. The molecular formula is C24H24N4O2. The molecule has 1 amide bonds. The highest BCUT2D eigenvalue weighted by Crippen LogP contribution is 2.54. The summed E-state index contributed by atoms with van der Waals surface area (Å²) in [7, 11) is 1.93. The summed E-state index contributed by atoms with van der Waals surface area (Å²) in [6.45, 7) is 3.27. The molecule has 3 aromatic rings. The standard InChI is InChI=1S/C24H24N4O2/c1-26-23(29)20-3-2-10-28(20)21-15-17(4-6-19(21)24(26)8-9-24)18-5-7-22(25-16-18)27-11-13-30-14-12-27/h2-7,10,15-16H,8-9,11-14H2,1H3. The quantitative estimate of drug-likeness (QED) is 0.661. The number of carbonyl (C=O) groups excluding carboxylic acids is 1. The van der Waals surface area contributed by atoms with E-state index in [1.165, 1.54) is 5.56 Å². The van der Waals surface area contributed by atoms with Gasteiger partial charge >= 0.3 is 0 Å². The van der Waals surface area contributed by atoms with E-state index in [0.29, 0.717) is 0 Å². The third-order valence-corrected chi connectivity index (χ3v) is 6.81. The first kappa shape index (κ1) is 17.7. The lowest BCUT2D eigenvalue weighted by Crippen LogP contribution is -2.36. The van der Waals surface area contributed by atoms with Crippen LogP contribution in [0.15, 0.2) is 54.9 Å². The minimum absolute atomic E-state index is 0.0896. The van der Waals surface area contributed by atoms with E-state index in [9.17, 15) is 4.79 Å². The normalized spacial score (nSPS) is 19.4. The molecule has 1 aromatic carbocycles. The topological polar surface area (TPSA) is 50.6 Å². The van der Waals surface area contributed by atoms with Crippen LogP contribution in [0, 0.1) is 0 Å². The van der Waals surface area contributed by atoms with Gasteiger partial charge in [0.2, 0.25) is 0 Å². The lowest BCUT2D eigenvalue weighted by atomic mass is 9.97. The van der Waals surface area contributed by atoms with Crippen LogP contribution in [-0.2, 0) is 10.3 Å². The van der Waals surface area contributed by atoms with Gasteiger partial charge in [-0.15, -0.1) is 0 Å². The minimum Gasteiger partial charge on any atom is -0.378 e. The second-order valence-electron chi connectivity index (χ2n) is 8.40. The molecule has 0 bridgehead atoms. The van der Waals surface area contributed by atoms with Crippen LogP contribution in [-0.4, -0.2) is 53.7 Å². The van der Waals surface area contributed by atoms with Gasteiger partial charge in [0.15, 0.2) is 0 Å². The fourth-order valence-corrected chi connectivity index (χ4v) is 4.88. The Balaban J connectivity index is 1.42. The largest absolute Gasteiger partial charge is 0.378 e. The molecule has 0 unspecified atom stereocenters. The van der Waals surface area contributed by atoms with Crippen molar-refractivity contribution in [1.82, 2.24) is 14.5 Å². The van der Waals surface area contributed by atoms with Crippen molar-refractivity contribution in [2.75, 3.05) is 38.3 Å². The molecule has 2 fully saturated rings. The Hall–Kier alpha value is -3.12. The van der Waals surface area contributed by atoms with E-state index in [4.69, 9.17) is 9.72 Å². The molecule has 1 aliphatic carbocycles. The van der Waals surface area contributed by atoms with Crippen molar-refractivity contribution in [3.05, 3.63) is 66.1 Å². The van der Waals surface area contributed by atoms with Gasteiger partial charge in [0.05, 0.1) is 24.4 Å². The van der Waals surface area contributed by atoms with Crippen LogP contribution in [0.5, 0.6) is 0 Å². The van der Waals surface area contributed by atoms with Crippen molar-refractivity contribution < 1.29 is 9.53 Å². The van der Waals surface area contributed by atoms with E-state index >= 15 is 0 Å². The highest BCUT2D eigenvalue weighted by molar-refractivity contribution is 5.95. The van der Waals surface area contributed by atoms with Crippen molar-refractivity contribution in [2.45, 2.75) is 18.4 Å². The molecule has 3 aliphatic rings. The van der Waals surface area contributed by atoms with E-state index in [1.54, 1.807) is 0 Å². The van der Waals surface area contributed by atoms with Gasteiger partial charge in [0.25, 0.3) is 5.91 Å². The van der Waals surface area contributed by atoms with E-state index in [2.05, 4.69) is 35.2 Å². The molecule has 6 rings (SSSR count). The maximum Gasteiger partial charge on any atom is 0.271 e. The predicted molar refractivity (Wildman–Crippen MR) is 115 cm³/mol. The van der Waals surface area contributed by atoms with E-state index < -0.39 is 0 Å². The van der Waals surface area contributed by atoms with Crippen molar-refractivity contribution in [2.24, 2.45) is 0 Å². The van der Waals surface area contributed by atoms with Gasteiger partial charge in [-0.05, 0) is 48.7 Å². The molecule has 2 aliphatic heterocycles. The lowest BCUT2D eigenvalue weighted by Gasteiger charge is -2.28. The number of fused-ring (bicyclic) bond motifs is 4. The number of hydrogen-bond acceptors (Lipinski definition) is 4. The fraction of sp³-hybridized carbons (Fsp3) is 0.333. The zero-order valence-corrected chi connectivity index (χ0v) is 17.0. The first-order valence-electron chi connectivity index (χ1n) is 10.6. The minimum atomic E-state index is -0.164. The number of nitrogens with zero attached hydrogens (tertiary/aromatic N) is 4. The number of benzene rings is 1. The highest BCUT2D eigenvalue weighted by atomic mass is 16.5. The van der Waals surface area contributed by atoms with Crippen LogP contribution in [0.25, 0.3) is 16.8 Å². The zero-order valence-electron chi connectivity index (χ0n) is 17.0. The maximum atomic E-state index is 13.0. The monoisotopic (exact) mass is 400 g/mol.